The highest BCUT2D eigenvalue weighted by atomic mass is 35.5. The van der Waals surface area contributed by atoms with E-state index in [4.69, 9.17) is 16.7 Å². The van der Waals surface area contributed by atoms with Crippen molar-refractivity contribution >= 4 is 52.3 Å². The number of urea groups is 1. The second kappa shape index (κ2) is 11.9. The van der Waals surface area contributed by atoms with Crippen LogP contribution in [-0.4, -0.2) is 68.1 Å². The Hall–Kier alpha value is -3.97. The molecule has 4 amide bonds. The van der Waals surface area contributed by atoms with Crippen LogP contribution in [0.25, 0.3) is 5.65 Å². The van der Waals surface area contributed by atoms with Crippen LogP contribution in [0.4, 0.5) is 22.0 Å². The van der Waals surface area contributed by atoms with Crippen molar-refractivity contribution in [1.29, 1.82) is 0 Å². The van der Waals surface area contributed by atoms with Crippen molar-refractivity contribution in [3.05, 3.63) is 41.4 Å². The number of halogens is 1. The van der Waals surface area contributed by atoms with E-state index < -0.39 is 6.03 Å². The van der Waals surface area contributed by atoms with E-state index in [0.29, 0.717) is 23.2 Å². The van der Waals surface area contributed by atoms with Crippen molar-refractivity contribution in [3.63, 3.8) is 0 Å². The molecule has 3 aromatic rings. The summed E-state index contributed by atoms with van der Waals surface area (Å²) in [7, 11) is 0. The molecule has 14 heteroatoms. The molecule has 1 saturated heterocycles. The van der Waals surface area contributed by atoms with Crippen LogP contribution in [-0.2, 0) is 4.79 Å². The van der Waals surface area contributed by atoms with Crippen LogP contribution in [0.5, 0.6) is 0 Å². The number of carbonyl (C=O) groups is 3. The number of nitrogens with one attached hydrogen (secondary N) is 6. The molecule has 1 unspecified atom stereocenters. The monoisotopic (exact) mass is 580 g/mol. The van der Waals surface area contributed by atoms with E-state index in [9.17, 15) is 14.4 Å². The summed E-state index contributed by atoms with van der Waals surface area (Å²) in [5.41, 5.74) is 2.19. The van der Waals surface area contributed by atoms with Crippen LogP contribution < -0.4 is 31.9 Å². The summed E-state index contributed by atoms with van der Waals surface area (Å²) in [6.07, 6.45) is 10.1. The Morgan fingerprint density at radius 3 is 2.44 bits per heavy atom. The van der Waals surface area contributed by atoms with Gasteiger partial charge >= 0.3 is 6.03 Å². The molecule has 2 aliphatic carbocycles. The summed E-state index contributed by atoms with van der Waals surface area (Å²) < 4.78 is 1.55. The fourth-order valence-corrected chi connectivity index (χ4v) is 5.52. The van der Waals surface area contributed by atoms with Gasteiger partial charge in [-0.2, -0.15) is 0 Å². The minimum absolute atomic E-state index is 0.00874. The molecule has 0 radical (unpaired) electrons. The number of anilines is 3. The maximum Gasteiger partial charge on any atom is 0.321 e. The Balaban J connectivity index is 1.10. The normalized spacial score (nSPS) is 22.2. The van der Waals surface area contributed by atoms with E-state index in [1.165, 1.54) is 12.4 Å². The molecule has 3 fully saturated rings. The zero-order valence-electron chi connectivity index (χ0n) is 22.5. The molecule has 4 heterocycles. The fourth-order valence-electron chi connectivity index (χ4n) is 5.34. The third-order valence-electron chi connectivity index (χ3n) is 7.65. The lowest BCUT2D eigenvalue weighted by Crippen LogP contribution is -2.50. The third kappa shape index (κ3) is 6.68. The summed E-state index contributed by atoms with van der Waals surface area (Å²) in [6.45, 7) is 0.799. The van der Waals surface area contributed by atoms with Gasteiger partial charge in [0, 0.05) is 36.1 Å². The van der Waals surface area contributed by atoms with Crippen molar-refractivity contribution in [2.75, 3.05) is 22.5 Å². The lowest BCUT2D eigenvalue weighted by Gasteiger charge is -2.30. The second-order valence-corrected chi connectivity index (χ2v) is 11.3. The first-order valence-corrected chi connectivity index (χ1v) is 14.5. The summed E-state index contributed by atoms with van der Waals surface area (Å²) >= 11 is 5.97. The number of fused-ring (bicyclic) bond motifs is 1. The smallest absolute Gasteiger partial charge is 0.321 e. The van der Waals surface area contributed by atoms with Crippen molar-refractivity contribution in [2.24, 2.45) is 0 Å². The van der Waals surface area contributed by atoms with Gasteiger partial charge in [-0.25, -0.2) is 19.3 Å². The van der Waals surface area contributed by atoms with Gasteiger partial charge in [0.15, 0.2) is 11.3 Å². The number of carbonyl (C=O) groups excluding carboxylic acids is 3. The van der Waals surface area contributed by atoms with Crippen molar-refractivity contribution < 1.29 is 14.4 Å². The summed E-state index contributed by atoms with van der Waals surface area (Å²) in [5.74, 6) is -0.0122. The van der Waals surface area contributed by atoms with Gasteiger partial charge in [0.2, 0.25) is 5.91 Å². The topological polar surface area (TPSA) is 166 Å². The highest BCUT2D eigenvalue weighted by Gasteiger charge is 2.28. The number of nitrogens with zero attached hydrogens (tertiary/aromatic N) is 4. The number of hydrogen-bond acceptors (Lipinski definition) is 9. The van der Waals surface area contributed by atoms with Crippen molar-refractivity contribution in [1.82, 2.24) is 35.5 Å². The first-order chi connectivity index (χ1) is 19.9. The molecule has 1 aliphatic heterocycles. The van der Waals surface area contributed by atoms with Gasteiger partial charge in [-0.05, 0) is 70.0 Å². The van der Waals surface area contributed by atoms with Gasteiger partial charge in [-0.15, -0.1) is 5.10 Å². The molecule has 0 aromatic carbocycles. The van der Waals surface area contributed by atoms with Crippen LogP contribution in [0.15, 0.2) is 30.6 Å². The lowest BCUT2D eigenvalue weighted by atomic mass is 9.91. The predicted molar refractivity (Wildman–Crippen MR) is 154 cm³/mol. The molecular formula is C27H33ClN10O3. The highest BCUT2D eigenvalue weighted by Crippen LogP contribution is 2.30. The highest BCUT2D eigenvalue weighted by molar-refractivity contribution is 6.29. The number of imidazole rings is 1. The minimum atomic E-state index is -0.442. The summed E-state index contributed by atoms with van der Waals surface area (Å²) in [6, 6.07) is 4.95. The van der Waals surface area contributed by atoms with Crippen LogP contribution in [0, 0.1) is 0 Å². The van der Waals surface area contributed by atoms with Gasteiger partial charge in [0.25, 0.3) is 5.91 Å². The van der Waals surface area contributed by atoms with Gasteiger partial charge in [-0.1, -0.05) is 11.6 Å². The second-order valence-electron chi connectivity index (χ2n) is 10.9. The number of imide groups is 1. The van der Waals surface area contributed by atoms with E-state index in [2.05, 4.69) is 41.9 Å². The predicted octanol–water partition coefficient (Wildman–Crippen LogP) is 2.91. The molecule has 6 rings (SSSR count). The van der Waals surface area contributed by atoms with Crippen LogP contribution in [0.1, 0.15) is 61.9 Å². The van der Waals surface area contributed by atoms with Gasteiger partial charge in [0.05, 0.1) is 17.9 Å². The van der Waals surface area contributed by atoms with Gasteiger partial charge < -0.3 is 26.6 Å². The molecule has 3 aromatic heterocycles. The molecule has 41 heavy (non-hydrogen) atoms. The van der Waals surface area contributed by atoms with E-state index in [0.717, 1.165) is 63.6 Å². The number of pyridine rings is 1. The molecule has 2 saturated carbocycles. The molecule has 3 aliphatic rings. The number of aromatic nitrogens is 4. The Bertz CT molecular complexity index is 1440. The van der Waals surface area contributed by atoms with Crippen LogP contribution in [0.3, 0.4) is 0 Å². The van der Waals surface area contributed by atoms with Gasteiger partial charge in [0.1, 0.15) is 11.0 Å². The Labute approximate surface area is 241 Å². The number of hydrogen-bond donors (Lipinski definition) is 6. The SMILES string of the molecule is O=C(NC(=O)C1CCCN1)NC1CCC(Nc2cc(NC3CC3)c3ncc(C(=O)Nc4ccnc(Cl)c4)n3n2)CC1. The molecule has 0 bridgehead atoms. The quantitative estimate of drug-likeness (QED) is 0.220. The first kappa shape index (κ1) is 27.2. The standard InChI is InChI=1S/C27H33ClN10O3/c28-22-12-18(9-11-30-22)34-26(40)21-14-31-24-20(32-15-3-4-15)13-23(37-38(21)24)33-16-5-7-17(8-6-16)35-27(41)36-25(39)19-2-1-10-29-19/h9,11-17,19,29,32H,1-8,10H2,(H,33,37)(H,30,34,40)(H2,35,36,39,41). The Kier molecular flexibility index (Phi) is 7.88. The van der Waals surface area contributed by atoms with Crippen LogP contribution in [0.2, 0.25) is 5.15 Å². The molecule has 1 atom stereocenters. The number of rotatable bonds is 8. The summed E-state index contributed by atoms with van der Waals surface area (Å²) in [5, 5.41) is 23.3. The first-order valence-electron chi connectivity index (χ1n) is 14.1. The van der Waals surface area contributed by atoms with Crippen molar-refractivity contribution in [3.8, 4) is 0 Å². The van der Waals surface area contributed by atoms with E-state index in [1.54, 1.807) is 16.6 Å². The average Bonchev–Trinajstić information content (AvgIpc) is 3.40. The Morgan fingerprint density at radius 2 is 1.71 bits per heavy atom. The maximum atomic E-state index is 13.1. The summed E-state index contributed by atoms with van der Waals surface area (Å²) in [4.78, 5) is 46.1. The molecule has 6 N–H and O–H groups in total. The minimum Gasteiger partial charge on any atom is -0.379 e. The largest absolute Gasteiger partial charge is 0.379 e. The molecule has 0 spiro atoms. The molecular weight excluding hydrogens is 548 g/mol. The zero-order valence-corrected chi connectivity index (χ0v) is 23.2. The Morgan fingerprint density at radius 1 is 0.951 bits per heavy atom. The van der Waals surface area contributed by atoms with E-state index in [1.807, 2.05) is 6.07 Å². The molecule has 13 nitrogen and oxygen atoms in total. The van der Waals surface area contributed by atoms with Crippen LogP contribution >= 0.6 is 11.6 Å². The van der Waals surface area contributed by atoms with E-state index in [-0.39, 0.29) is 40.8 Å². The lowest BCUT2D eigenvalue weighted by molar-refractivity contribution is -0.121. The maximum absolute atomic E-state index is 13.1. The van der Waals surface area contributed by atoms with E-state index >= 15 is 0 Å². The number of amides is 4. The third-order valence-corrected chi connectivity index (χ3v) is 7.86. The zero-order chi connectivity index (χ0) is 28.3. The van der Waals surface area contributed by atoms with Gasteiger partial charge in [-0.3, -0.25) is 14.9 Å². The fraction of sp³-hybridized carbons (Fsp3) is 0.481. The van der Waals surface area contributed by atoms with Crippen molar-refractivity contribution in [2.45, 2.75) is 75.5 Å². The average molecular weight is 581 g/mol. The molecule has 216 valence electrons.